The molecule has 0 saturated carbocycles. The van der Waals surface area contributed by atoms with E-state index in [1.807, 2.05) is 0 Å². The minimum atomic E-state index is -0.660. The fourth-order valence-electron chi connectivity index (χ4n) is 1.84. The molecule has 2 rings (SSSR count). The fourth-order valence-corrected chi connectivity index (χ4v) is 1.84. The van der Waals surface area contributed by atoms with E-state index in [4.69, 9.17) is 0 Å². The summed E-state index contributed by atoms with van der Waals surface area (Å²) in [4.78, 5) is 10.8. The van der Waals surface area contributed by atoms with Gasteiger partial charge < -0.3 is 5.11 Å². The maximum atomic E-state index is 13.5. The topological polar surface area (TPSA) is 37.3 Å². The standard InChI is InChI=1S/C16H12F2O2/c1-10-6-11(7-13(9-19)16(10)20)2-3-12-4-5-14(17)8-15(12)18/h2-9,20H,1H3/b3-2+. The molecule has 20 heavy (non-hydrogen) atoms. The highest BCUT2D eigenvalue weighted by Crippen LogP contribution is 2.23. The van der Waals surface area contributed by atoms with Gasteiger partial charge in [0.1, 0.15) is 17.4 Å². The summed E-state index contributed by atoms with van der Waals surface area (Å²) in [5.41, 5.74) is 1.61. The molecule has 0 aliphatic carbocycles. The van der Waals surface area contributed by atoms with Crippen LogP contribution in [0.15, 0.2) is 30.3 Å². The molecule has 4 heteroatoms. The van der Waals surface area contributed by atoms with Crippen molar-refractivity contribution in [1.82, 2.24) is 0 Å². The molecule has 0 radical (unpaired) electrons. The second kappa shape index (κ2) is 5.65. The Bertz CT molecular complexity index is 691. The molecule has 2 nitrogen and oxygen atoms in total. The van der Waals surface area contributed by atoms with Crippen molar-refractivity contribution in [3.8, 4) is 5.75 Å². The fraction of sp³-hybridized carbons (Fsp3) is 0.0625. The molecule has 0 spiro atoms. The van der Waals surface area contributed by atoms with Gasteiger partial charge in [0.05, 0.1) is 5.56 Å². The number of halogens is 2. The van der Waals surface area contributed by atoms with E-state index in [2.05, 4.69) is 0 Å². The molecule has 0 unspecified atom stereocenters. The zero-order chi connectivity index (χ0) is 14.7. The van der Waals surface area contributed by atoms with Gasteiger partial charge in [0.25, 0.3) is 0 Å². The van der Waals surface area contributed by atoms with Crippen molar-refractivity contribution in [3.63, 3.8) is 0 Å². The molecule has 2 aromatic rings. The van der Waals surface area contributed by atoms with Crippen LogP contribution in [0.5, 0.6) is 5.75 Å². The van der Waals surface area contributed by atoms with E-state index in [0.717, 1.165) is 6.07 Å². The van der Waals surface area contributed by atoms with Crippen molar-refractivity contribution in [2.75, 3.05) is 0 Å². The van der Waals surface area contributed by atoms with Gasteiger partial charge in [-0.05, 0) is 42.3 Å². The maximum absolute atomic E-state index is 13.5. The predicted molar refractivity (Wildman–Crippen MR) is 73.5 cm³/mol. The van der Waals surface area contributed by atoms with E-state index in [1.54, 1.807) is 19.1 Å². The summed E-state index contributed by atoms with van der Waals surface area (Å²) in [5, 5.41) is 9.62. The number of aromatic hydroxyl groups is 1. The number of carbonyl (C=O) groups is 1. The molecule has 0 aliphatic rings. The van der Waals surface area contributed by atoms with Crippen molar-refractivity contribution < 1.29 is 18.7 Å². The van der Waals surface area contributed by atoms with Gasteiger partial charge in [-0.1, -0.05) is 12.2 Å². The second-order valence-corrected chi connectivity index (χ2v) is 4.39. The summed E-state index contributed by atoms with van der Waals surface area (Å²) >= 11 is 0. The molecule has 0 fully saturated rings. The van der Waals surface area contributed by atoms with Gasteiger partial charge in [-0.3, -0.25) is 4.79 Å². The number of aldehydes is 1. The van der Waals surface area contributed by atoms with E-state index in [-0.39, 0.29) is 16.9 Å². The number of aryl methyl sites for hydroxylation is 1. The normalized spacial score (nSPS) is 10.9. The Kier molecular flexibility index (Phi) is 3.94. The Balaban J connectivity index is 2.36. The van der Waals surface area contributed by atoms with E-state index < -0.39 is 11.6 Å². The summed E-state index contributed by atoms with van der Waals surface area (Å²) in [7, 11) is 0. The van der Waals surface area contributed by atoms with Gasteiger partial charge in [0.2, 0.25) is 0 Å². The third kappa shape index (κ3) is 2.91. The lowest BCUT2D eigenvalue weighted by atomic mass is 10.0. The van der Waals surface area contributed by atoms with Crippen molar-refractivity contribution >= 4 is 18.4 Å². The van der Waals surface area contributed by atoms with E-state index >= 15 is 0 Å². The van der Waals surface area contributed by atoms with Crippen molar-refractivity contribution in [2.45, 2.75) is 6.92 Å². The largest absolute Gasteiger partial charge is 0.507 e. The molecular formula is C16H12F2O2. The second-order valence-electron chi connectivity index (χ2n) is 4.39. The van der Waals surface area contributed by atoms with Crippen LogP contribution in [0.2, 0.25) is 0 Å². The Hall–Kier alpha value is -2.49. The molecule has 102 valence electrons. The first kappa shape index (κ1) is 13.9. The number of hydrogen-bond acceptors (Lipinski definition) is 2. The molecule has 1 N–H and O–H groups in total. The third-order valence-corrected chi connectivity index (χ3v) is 2.90. The predicted octanol–water partition coefficient (Wildman–Crippen LogP) is 3.96. The summed E-state index contributed by atoms with van der Waals surface area (Å²) < 4.78 is 26.2. The molecule has 0 aliphatic heterocycles. The molecular weight excluding hydrogens is 262 g/mol. The minimum Gasteiger partial charge on any atom is -0.507 e. The molecule has 0 bridgehead atoms. The van der Waals surface area contributed by atoms with Crippen LogP contribution in [-0.4, -0.2) is 11.4 Å². The molecule has 0 atom stereocenters. The zero-order valence-electron chi connectivity index (χ0n) is 10.7. The smallest absolute Gasteiger partial charge is 0.153 e. The lowest BCUT2D eigenvalue weighted by molar-refractivity contribution is 0.112. The van der Waals surface area contributed by atoms with Gasteiger partial charge in [-0.25, -0.2) is 8.78 Å². The summed E-state index contributed by atoms with van der Waals surface area (Å²) in [6, 6.07) is 6.46. The molecule has 0 aromatic heterocycles. The van der Waals surface area contributed by atoms with Crippen LogP contribution in [-0.2, 0) is 0 Å². The summed E-state index contributed by atoms with van der Waals surface area (Å²) in [5.74, 6) is -1.36. The first-order chi connectivity index (χ1) is 9.51. The van der Waals surface area contributed by atoms with Crippen molar-refractivity contribution in [1.29, 1.82) is 0 Å². The van der Waals surface area contributed by atoms with Crippen LogP contribution in [0.25, 0.3) is 12.2 Å². The van der Waals surface area contributed by atoms with E-state index in [1.165, 1.54) is 24.3 Å². The zero-order valence-corrected chi connectivity index (χ0v) is 10.7. The quantitative estimate of drug-likeness (QED) is 0.679. The van der Waals surface area contributed by atoms with Crippen molar-refractivity contribution in [2.24, 2.45) is 0 Å². The number of hydrogen-bond donors (Lipinski definition) is 1. The first-order valence-corrected chi connectivity index (χ1v) is 5.93. The Morgan fingerprint density at radius 2 is 1.80 bits per heavy atom. The SMILES string of the molecule is Cc1cc(/C=C/c2ccc(F)cc2F)cc(C=O)c1O. The number of carbonyl (C=O) groups excluding carboxylic acids is 1. The highest BCUT2D eigenvalue weighted by Gasteiger charge is 2.05. The van der Waals surface area contributed by atoms with Gasteiger partial charge in [0.15, 0.2) is 6.29 Å². The highest BCUT2D eigenvalue weighted by molar-refractivity contribution is 5.83. The summed E-state index contributed by atoms with van der Waals surface area (Å²) in [6.07, 6.45) is 3.63. The average molecular weight is 274 g/mol. The summed E-state index contributed by atoms with van der Waals surface area (Å²) in [6.45, 7) is 1.66. The lowest BCUT2D eigenvalue weighted by Gasteiger charge is -2.04. The monoisotopic (exact) mass is 274 g/mol. The van der Waals surface area contributed by atoms with E-state index in [9.17, 15) is 18.7 Å². The first-order valence-electron chi connectivity index (χ1n) is 5.93. The lowest BCUT2D eigenvalue weighted by Crippen LogP contribution is -1.88. The van der Waals surface area contributed by atoms with Gasteiger partial charge in [0, 0.05) is 11.6 Å². The van der Waals surface area contributed by atoms with Crippen LogP contribution >= 0.6 is 0 Å². The number of benzene rings is 2. The van der Waals surface area contributed by atoms with Crippen LogP contribution in [0.3, 0.4) is 0 Å². The Labute approximate surface area is 115 Å². The van der Waals surface area contributed by atoms with Crippen LogP contribution in [0.1, 0.15) is 27.0 Å². The average Bonchev–Trinajstić information content (AvgIpc) is 2.41. The molecule has 0 amide bonds. The molecule has 0 heterocycles. The number of phenolic OH excluding ortho intramolecular Hbond substituents is 1. The maximum Gasteiger partial charge on any atom is 0.153 e. The van der Waals surface area contributed by atoms with Crippen LogP contribution < -0.4 is 0 Å². The molecule has 2 aromatic carbocycles. The van der Waals surface area contributed by atoms with Gasteiger partial charge >= 0.3 is 0 Å². The highest BCUT2D eigenvalue weighted by atomic mass is 19.1. The minimum absolute atomic E-state index is 0.0647. The Morgan fingerprint density at radius 1 is 1.05 bits per heavy atom. The Morgan fingerprint density at radius 3 is 2.45 bits per heavy atom. The third-order valence-electron chi connectivity index (χ3n) is 2.90. The van der Waals surface area contributed by atoms with Gasteiger partial charge in [-0.15, -0.1) is 0 Å². The van der Waals surface area contributed by atoms with Crippen LogP contribution in [0.4, 0.5) is 8.78 Å². The van der Waals surface area contributed by atoms with Crippen molar-refractivity contribution in [3.05, 3.63) is 64.2 Å². The molecule has 0 saturated heterocycles. The van der Waals surface area contributed by atoms with Crippen LogP contribution in [0, 0.1) is 18.6 Å². The number of phenols is 1. The van der Waals surface area contributed by atoms with Gasteiger partial charge in [-0.2, -0.15) is 0 Å². The number of rotatable bonds is 3. The van der Waals surface area contributed by atoms with E-state index in [0.29, 0.717) is 17.4 Å².